The Morgan fingerprint density at radius 3 is 1.21 bits per heavy atom. The van der Waals surface area contributed by atoms with Gasteiger partial charge in [0.15, 0.2) is 0 Å². The van der Waals surface area contributed by atoms with E-state index in [4.69, 9.17) is 0 Å². The maximum Gasteiger partial charge on any atom is 0.327 e. The lowest BCUT2D eigenvalue weighted by molar-refractivity contribution is -0.142. The number of hydrogen-bond acceptors (Lipinski definition) is 6. The monoisotopic (exact) mass is 640 g/mol. The number of carboxylic acid groups (broad SMARTS) is 2. The number of nitrogens with one attached hydrogen (secondary N) is 2. The van der Waals surface area contributed by atoms with Crippen LogP contribution in [0.4, 0.5) is 0 Å². The number of H-pyrrole nitrogens is 2. The lowest BCUT2D eigenvalue weighted by atomic mass is 9.84. The van der Waals surface area contributed by atoms with Crippen molar-refractivity contribution in [3.63, 3.8) is 0 Å². The Morgan fingerprint density at radius 1 is 0.542 bits per heavy atom. The smallest absolute Gasteiger partial charge is 0.327 e. The Morgan fingerprint density at radius 2 is 0.875 bits per heavy atom. The molecule has 0 saturated carbocycles. The van der Waals surface area contributed by atoms with Crippen molar-refractivity contribution in [2.24, 2.45) is 0 Å². The highest BCUT2D eigenvalue weighted by Crippen LogP contribution is 2.39. The molecule has 0 aliphatic carbocycles. The van der Waals surface area contributed by atoms with Crippen molar-refractivity contribution in [3.05, 3.63) is 119 Å². The summed E-state index contributed by atoms with van der Waals surface area (Å²) < 4.78 is 0. The van der Waals surface area contributed by atoms with Crippen LogP contribution in [0.2, 0.25) is 0 Å². The SMILES string of the molecule is O=C(O)[C@@H](Cc1c[nH]c2ccccc12)N1C(=O)c2ccc3c4c(ccc(c24)C1=O)C(=O)N([C@H](Cc1c[nH]c2ccccc12)C(=O)O)C3=O. The molecule has 2 aromatic heterocycles. The van der Waals surface area contributed by atoms with Gasteiger partial charge in [-0.3, -0.25) is 29.0 Å². The zero-order valence-electron chi connectivity index (χ0n) is 24.9. The van der Waals surface area contributed by atoms with E-state index >= 15 is 0 Å². The first-order valence-corrected chi connectivity index (χ1v) is 15.1. The highest BCUT2D eigenvalue weighted by atomic mass is 16.4. The summed E-state index contributed by atoms with van der Waals surface area (Å²) in [6.45, 7) is 0. The normalized spacial score (nSPS) is 15.5. The molecule has 0 radical (unpaired) electrons. The number of rotatable bonds is 8. The average Bonchev–Trinajstić information content (AvgIpc) is 3.69. The molecule has 0 fully saturated rings. The van der Waals surface area contributed by atoms with E-state index < -0.39 is 47.7 Å². The lowest BCUT2D eigenvalue weighted by Gasteiger charge is -2.35. The van der Waals surface area contributed by atoms with Gasteiger partial charge in [0.05, 0.1) is 0 Å². The summed E-state index contributed by atoms with van der Waals surface area (Å²) in [7, 11) is 0. The summed E-state index contributed by atoms with van der Waals surface area (Å²) in [5.74, 6) is -6.29. The van der Waals surface area contributed by atoms with Crippen LogP contribution in [-0.4, -0.2) is 77.6 Å². The van der Waals surface area contributed by atoms with Crippen LogP contribution in [0.5, 0.6) is 0 Å². The predicted octanol–water partition coefficient (Wildman–Crippen LogP) is 4.39. The van der Waals surface area contributed by atoms with Crippen molar-refractivity contribution in [3.8, 4) is 0 Å². The van der Waals surface area contributed by atoms with Crippen molar-refractivity contribution >= 4 is 68.1 Å². The molecule has 4 aromatic carbocycles. The fourth-order valence-electron chi connectivity index (χ4n) is 7.07. The number of nitrogens with zero attached hydrogens (tertiary/aromatic N) is 2. The summed E-state index contributed by atoms with van der Waals surface area (Å²) in [5, 5.41) is 22.1. The first-order chi connectivity index (χ1) is 23.2. The van der Waals surface area contributed by atoms with Gasteiger partial charge in [-0.25, -0.2) is 9.59 Å². The van der Waals surface area contributed by atoms with E-state index in [-0.39, 0.29) is 45.9 Å². The second kappa shape index (κ2) is 10.5. The lowest BCUT2D eigenvalue weighted by Crippen LogP contribution is -2.53. The zero-order valence-corrected chi connectivity index (χ0v) is 24.9. The Labute approximate surface area is 270 Å². The van der Waals surface area contributed by atoms with E-state index in [2.05, 4.69) is 9.97 Å². The number of carbonyl (C=O) groups is 6. The van der Waals surface area contributed by atoms with Crippen LogP contribution >= 0.6 is 0 Å². The maximum atomic E-state index is 14.0. The van der Waals surface area contributed by atoms with Gasteiger partial charge in [0.1, 0.15) is 12.1 Å². The van der Waals surface area contributed by atoms with Crippen LogP contribution in [0, 0.1) is 0 Å². The minimum Gasteiger partial charge on any atom is -0.480 e. The number of hydrogen-bond donors (Lipinski definition) is 4. The summed E-state index contributed by atoms with van der Waals surface area (Å²) in [6.07, 6.45) is 2.96. The molecule has 48 heavy (non-hydrogen) atoms. The van der Waals surface area contributed by atoms with E-state index in [0.717, 1.165) is 21.8 Å². The van der Waals surface area contributed by atoms with Crippen LogP contribution in [0.25, 0.3) is 32.6 Å². The van der Waals surface area contributed by atoms with E-state index in [1.165, 1.54) is 24.3 Å². The molecule has 0 bridgehead atoms. The van der Waals surface area contributed by atoms with Gasteiger partial charge in [-0.1, -0.05) is 36.4 Å². The number of carbonyl (C=O) groups excluding carboxylic acids is 4. The fraction of sp³-hybridized carbons (Fsp3) is 0.111. The maximum absolute atomic E-state index is 14.0. The van der Waals surface area contributed by atoms with Gasteiger partial charge >= 0.3 is 11.9 Å². The molecule has 6 aromatic rings. The minimum absolute atomic E-state index is 0.0435. The topological polar surface area (TPSA) is 181 Å². The van der Waals surface area contributed by atoms with Gasteiger partial charge in [0.25, 0.3) is 23.6 Å². The molecule has 8 rings (SSSR count). The summed E-state index contributed by atoms with van der Waals surface area (Å²) in [6, 6.07) is 16.7. The van der Waals surface area contributed by atoms with E-state index in [1.807, 2.05) is 36.4 Å². The minimum atomic E-state index is -1.56. The molecular weight excluding hydrogens is 616 g/mol. The van der Waals surface area contributed by atoms with Crippen LogP contribution < -0.4 is 0 Å². The van der Waals surface area contributed by atoms with Crippen molar-refractivity contribution in [1.82, 2.24) is 19.8 Å². The second-order valence-corrected chi connectivity index (χ2v) is 11.9. The number of amides is 4. The molecule has 12 heteroatoms. The molecule has 0 unspecified atom stereocenters. The standard InChI is InChI=1S/C36H24N4O8/c41-31-21-9-11-23-30-24(34(44)40(33(23)43)28(36(47)48)14-18-16-38-26-8-4-2-6-20(18)26)12-10-22(29(21)30)32(42)39(31)27(35(45)46)13-17-15-37-25-7-3-1-5-19(17)25/h1-12,15-16,27-28,37-38H,13-14H2,(H,45,46)(H,47,48)/t27-,28-/m1/s1. The fourth-order valence-corrected chi connectivity index (χ4v) is 7.07. The van der Waals surface area contributed by atoms with Gasteiger partial charge in [-0.2, -0.15) is 0 Å². The molecular formula is C36H24N4O8. The largest absolute Gasteiger partial charge is 0.480 e. The number of aromatic nitrogens is 2. The molecule has 2 aliphatic heterocycles. The molecule has 2 atom stereocenters. The summed E-state index contributed by atoms with van der Waals surface area (Å²) in [4.78, 5) is 88.6. The molecule has 12 nitrogen and oxygen atoms in total. The van der Waals surface area contributed by atoms with Gasteiger partial charge in [0.2, 0.25) is 0 Å². The third kappa shape index (κ3) is 4.09. The summed E-state index contributed by atoms with van der Waals surface area (Å²) in [5.41, 5.74) is 2.57. The van der Waals surface area contributed by atoms with Gasteiger partial charge in [-0.15, -0.1) is 0 Å². The Bertz CT molecular complexity index is 2200. The highest BCUT2D eigenvalue weighted by Gasteiger charge is 2.46. The first-order valence-electron chi connectivity index (χ1n) is 15.1. The number of aromatic amines is 2. The van der Waals surface area contributed by atoms with E-state index in [1.54, 1.807) is 24.5 Å². The molecule has 0 spiro atoms. The van der Waals surface area contributed by atoms with Gasteiger partial charge < -0.3 is 20.2 Å². The molecule has 4 heterocycles. The average molecular weight is 641 g/mol. The third-order valence-electron chi connectivity index (χ3n) is 9.33. The second-order valence-electron chi connectivity index (χ2n) is 11.9. The van der Waals surface area contributed by atoms with Crippen molar-refractivity contribution < 1.29 is 39.0 Å². The molecule has 236 valence electrons. The number of para-hydroxylation sites is 2. The van der Waals surface area contributed by atoms with Crippen molar-refractivity contribution in [2.75, 3.05) is 0 Å². The van der Waals surface area contributed by atoms with Crippen LogP contribution in [0.15, 0.2) is 85.2 Å². The number of fused-ring (bicyclic) bond motifs is 2. The predicted molar refractivity (Wildman–Crippen MR) is 172 cm³/mol. The number of aliphatic carboxylic acids is 2. The molecule has 0 saturated heterocycles. The quantitative estimate of drug-likeness (QED) is 0.177. The third-order valence-corrected chi connectivity index (χ3v) is 9.33. The Balaban J connectivity index is 1.19. The zero-order chi connectivity index (χ0) is 33.4. The number of imide groups is 2. The van der Waals surface area contributed by atoms with Gasteiger partial charge in [-0.05, 0) is 47.5 Å². The van der Waals surface area contributed by atoms with Crippen LogP contribution in [0.3, 0.4) is 0 Å². The van der Waals surface area contributed by atoms with Gasteiger partial charge in [0, 0.05) is 80.1 Å². The number of benzene rings is 4. The van der Waals surface area contributed by atoms with E-state index in [0.29, 0.717) is 20.9 Å². The Hall–Kier alpha value is -6.56. The van der Waals surface area contributed by atoms with E-state index in [9.17, 15) is 39.0 Å². The molecule has 4 N–H and O–H groups in total. The summed E-state index contributed by atoms with van der Waals surface area (Å²) >= 11 is 0. The Kier molecular flexibility index (Phi) is 6.31. The first kappa shape index (κ1) is 28.9. The van der Waals surface area contributed by atoms with Crippen LogP contribution in [0.1, 0.15) is 52.6 Å². The number of carboxylic acids is 2. The molecule has 4 amide bonds. The molecule has 2 aliphatic rings. The van der Waals surface area contributed by atoms with Crippen molar-refractivity contribution in [1.29, 1.82) is 0 Å². The van der Waals surface area contributed by atoms with Crippen LogP contribution in [-0.2, 0) is 22.4 Å². The highest BCUT2D eigenvalue weighted by molar-refractivity contribution is 6.34. The van der Waals surface area contributed by atoms with Crippen molar-refractivity contribution in [2.45, 2.75) is 24.9 Å².